The van der Waals surface area contributed by atoms with Crippen LogP contribution in [0.25, 0.3) is 0 Å². The van der Waals surface area contributed by atoms with Gasteiger partial charge in [-0.25, -0.2) is 0 Å². The predicted octanol–water partition coefficient (Wildman–Crippen LogP) is 0.917. The fourth-order valence-corrected chi connectivity index (χ4v) is 2.75. The lowest BCUT2D eigenvalue weighted by Gasteiger charge is -2.19. The largest absolute Gasteiger partial charge is 0.296 e. The number of rotatable bonds is 0. The van der Waals surface area contributed by atoms with Crippen molar-refractivity contribution in [3.8, 4) is 0 Å². The van der Waals surface area contributed by atoms with Gasteiger partial charge < -0.3 is 0 Å². The molecular weight excluding hydrogens is 190 g/mol. The molecule has 1 aliphatic carbocycles. The van der Waals surface area contributed by atoms with Gasteiger partial charge in [0.2, 0.25) is 11.8 Å². The summed E-state index contributed by atoms with van der Waals surface area (Å²) in [7, 11) is 0. The molecule has 0 unspecified atom stereocenters. The quantitative estimate of drug-likeness (QED) is 0.634. The maximum absolute atomic E-state index is 11.8. The Hall–Kier alpha value is -1.64. The van der Waals surface area contributed by atoms with Crippen molar-refractivity contribution < 1.29 is 9.59 Å². The number of fused-ring (bicyclic) bond motifs is 2. The van der Waals surface area contributed by atoms with Crippen LogP contribution in [0.2, 0.25) is 0 Å². The zero-order valence-electron chi connectivity index (χ0n) is 8.25. The van der Waals surface area contributed by atoms with Crippen molar-refractivity contribution in [2.24, 2.45) is 0 Å². The van der Waals surface area contributed by atoms with Crippen LogP contribution in [0.5, 0.6) is 0 Å². The molecule has 76 valence electrons. The number of hydrogen-bond donors (Lipinski definition) is 1. The number of aryl methyl sites for hydroxylation is 1. The van der Waals surface area contributed by atoms with Crippen molar-refractivity contribution >= 4 is 11.8 Å². The lowest BCUT2D eigenvalue weighted by atomic mass is 9.80. The molecule has 1 N–H and O–H groups in total. The van der Waals surface area contributed by atoms with Gasteiger partial charge in [0.25, 0.3) is 0 Å². The molecule has 1 spiro atoms. The van der Waals surface area contributed by atoms with Gasteiger partial charge in [0, 0.05) is 6.42 Å². The Morgan fingerprint density at radius 2 is 2.00 bits per heavy atom. The SMILES string of the molecule is O=C1C[C@]2(CCc3ccccc32)C(=O)N1. The number of carbonyl (C=O) groups is 2. The molecule has 1 aromatic carbocycles. The molecule has 0 bridgehead atoms. The number of imide groups is 1. The first-order chi connectivity index (χ1) is 7.22. The van der Waals surface area contributed by atoms with E-state index < -0.39 is 5.41 Å². The minimum Gasteiger partial charge on any atom is -0.296 e. The molecule has 1 atom stereocenters. The van der Waals surface area contributed by atoms with E-state index in [0.717, 1.165) is 18.4 Å². The Bertz CT molecular complexity index is 466. The third-order valence-electron chi connectivity index (χ3n) is 3.50. The maximum Gasteiger partial charge on any atom is 0.237 e. The van der Waals surface area contributed by atoms with Crippen LogP contribution in [0, 0.1) is 0 Å². The zero-order valence-corrected chi connectivity index (χ0v) is 8.25. The molecule has 1 aliphatic heterocycles. The second-order valence-electron chi connectivity index (χ2n) is 4.29. The highest BCUT2D eigenvalue weighted by Crippen LogP contribution is 2.43. The van der Waals surface area contributed by atoms with E-state index in [1.165, 1.54) is 5.56 Å². The van der Waals surface area contributed by atoms with E-state index in [0.29, 0.717) is 6.42 Å². The van der Waals surface area contributed by atoms with Gasteiger partial charge in [-0.15, -0.1) is 0 Å². The monoisotopic (exact) mass is 201 g/mol. The summed E-state index contributed by atoms with van der Waals surface area (Å²) in [4.78, 5) is 23.1. The molecular formula is C12H11NO2. The minimum atomic E-state index is -0.548. The second kappa shape index (κ2) is 2.69. The molecule has 1 aromatic rings. The molecule has 3 heteroatoms. The number of hydrogen-bond acceptors (Lipinski definition) is 2. The highest BCUT2D eigenvalue weighted by molar-refractivity contribution is 6.09. The third kappa shape index (κ3) is 1.00. The van der Waals surface area contributed by atoms with Gasteiger partial charge in [-0.05, 0) is 24.0 Å². The van der Waals surface area contributed by atoms with Crippen LogP contribution in [0.4, 0.5) is 0 Å². The summed E-state index contributed by atoms with van der Waals surface area (Å²) in [5.41, 5.74) is 1.71. The molecule has 1 fully saturated rings. The van der Waals surface area contributed by atoms with Crippen molar-refractivity contribution in [3.05, 3.63) is 35.4 Å². The van der Waals surface area contributed by atoms with Gasteiger partial charge in [0.05, 0.1) is 5.41 Å². The molecule has 15 heavy (non-hydrogen) atoms. The summed E-state index contributed by atoms with van der Waals surface area (Å²) < 4.78 is 0. The first-order valence-corrected chi connectivity index (χ1v) is 5.15. The van der Waals surface area contributed by atoms with E-state index in [1.54, 1.807) is 0 Å². The first kappa shape index (κ1) is 8.65. The predicted molar refractivity (Wildman–Crippen MR) is 54.2 cm³/mol. The summed E-state index contributed by atoms with van der Waals surface area (Å²) in [6.45, 7) is 0. The number of nitrogens with one attached hydrogen (secondary N) is 1. The Morgan fingerprint density at radius 1 is 1.20 bits per heavy atom. The van der Waals surface area contributed by atoms with E-state index in [9.17, 15) is 9.59 Å². The van der Waals surface area contributed by atoms with Crippen LogP contribution in [0.15, 0.2) is 24.3 Å². The van der Waals surface area contributed by atoms with E-state index in [2.05, 4.69) is 5.32 Å². The highest BCUT2D eigenvalue weighted by atomic mass is 16.2. The van der Waals surface area contributed by atoms with Crippen LogP contribution in [-0.4, -0.2) is 11.8 Å². The molecule has 0 saturated carbocycles. The van der Waals surface area contributed by atoms with Crippen molar-refractivity contribution in [2.45, 2.75) is 24.7 Å². The van der Waals surface area contributed by atoms with Crippen LogP contribution in [-0.2, 0) is 21.4 Å². The van der Waals surface area contributed by atoms with Crippen molar-refractivity contribution in [1.82, 2.24) is 5.32 Å². The van der Waals surface area contributed by atoms with Gasteiger partial charge in [-0.3, -0.25) is 14.9 Å². The Kier molecular flexibility index (Phi) is 1.55. The average Bonchev–Trinajstić information content (AvgIpc) is 2.72. The summed E-state index contributed by atoms with van der Waals surface area (Å²) in [6.07, 6.45) is 1.99. The summed E-state index contributed by atoms with van der Waals surface area (Å²) in [6, 6.07) is 7.93. The lowest BCUT2D eigenvalue weighted by molar-refractivity contribution is -0.126. The van der Waals surface area contributed by atoms with Crippen LogP contribution < -0.4 is 5.32 Å². The number of carbonyl (C=O) groups excluding carboxylic acids is 2. The zero-order chi connectivity index (χ0) is 10.5. The van der Waals surface area contributed by atoms with Gasteiger partial charge in [0.15, 0.2) is 0 Å². The molecule has 1 saturated heterocycles. The summed E-state index contributed by atoms with van der Waals surface area (Å²) in [5.74, 6) is -0.255. The fourth-order valence-electron chi connectivity index (χ4n) is 2.75. The smallest absolute Gasteiger partial charge is 0.237 e. The topological polar surface area (TPSA) is 46.2 Å². The van der Waals surface area contributed by atoms with E-state index >= 15 is 0 Å². The minimum absolute atomic E-state index is 0.113. The van der Waals surface area contributed by atoms with E-state index in [4.69, 9.17) is 0 Å². The highest BCUT2D eigenvalue weighted by Gasteiger charge is 2.51. The fraction of sp³-hybridized carbons (Fsp3) is 0.333. The molecule has 3 rings (SSSR count). The molecule has 2 amide bonds. The van der Waals surface area contributed by atoms with Crippen molar-refractivity contribution in [3.63, 3.8) is 0 Å². The van der Waals surface area contributed by atoms with E-state index in [-0.39, 0.29) is 11.8 Å². The first-order valence-electron chi connectivity index (χ1n) is 5.15. The number of benzene rings is 1. The number of amides is 2. The van der Waals surface area contributed by atoms with Crippen LogP contribution in [0.3, 0.4) is 0 Å². The summed E-state index contributed by atoms with van der Waals surface area (Å²) in [5, 5.41) is 2.41. The van der Waals surface area contributed by atoms with Gasteiger partial charge >= 0.3 is 0 Å². The normalized spacial score (nSPS) is 28.3. The lowest BCUT2D eigenvalue weighted by Crippen LogP contribution is -2.33. The third-order valence-corrected chi connectivity index (χ3v) is 3.50. The molecule has 2 aliphatic rings. The molecule has 0 radical (unpaired) electrons. The average molecular weight is 201 g/mol. The van der Waals surface area contributed by atoms with Crippen LogP contribution in [0.1, 0.15) is 24.0 Å². The standard InChI is InChI=1S/C12H11NO2/c14-10-7-12(11(15)13-10)6-5-8-3-1-2-4-9(8)12/h1-4H,5-7H2,(H,13,14,15)/t12-/m0/s1. The summed E-state index contributed by atoms with van der Waals surface area (Å²) >= 11 is 0. The molecule has 3 nitrogen and oxygen atoms in total. The van der Waals surface area contributed by atoms with Gasteiger partial charge in [-0.2, -0.15) is 0 Å². The van der Waals surface area contributed by atoms with E-state index in [1.807, 2.05) is 24.3 Å². The maximum atomic E-state index is 11.8. The second-order valence-corrected chi connectivity index (χ2v) is 4.29. The van der Waals surface area contributed by atoms with Gasteiger partial charge in [-0.1, -0.05) is 24.3 Å². The van der Waals surface area contributed by atoms with Crippen molar-refractivity contribution in [1.29, 1.82) is 0 Å². The Labute approximate surface area is 87.5 Å². The Balaban J connectivity index is 2.17. The van der Waals surface area contributed by atoms with Crippen LogP contribution >= 0.6 is 0 Å². The molecule has 0 aromatic heterocycles. The Morgan fingerprint density at radius 3 is 2.73 bits per heavy atom. The van der Waals surface area contributed by atoms with Crippen molar-refractivity contribution in [2.75, 3.05) is 0 Å². The molecule has 1 heterocycles. The van der Waals surface area contributed by atoms with Gasteiger partial charge in [0.1, 0.15) is 0 Å².